The zero-order valence-electron chi connectivity index (χ0n) is 38.0. The molecule has 6 amide bonds. The van der Waals surface area contributed by atoms with Gasteiger partial charge in [0.2, 0.25) is 35.4 Å². The Bertz CT molecular complexity index is 1920. The molecule has 0 aliphatic carbocycles. The third-order valence-corrected chi connectivity index (χ3v) is 11.4. The molecule has 2 saturated heterocycles. The number of hydrogen-bond donors (Lipinski definition) is 4. The van der Waals surface area contributed by atoms with Gasteiger partial charge in [0.25, 0.3) is 0 Å². The molecule has 0 spiro atoms. The van der Waals surface area contributed by atoms with Crippen LogP contribution in [0.5, 0.6) is 0 Å². The minimum absolute atomic E-state index is 0.163. The zero-order chi connectivity index (χ0) is 45.9. The molecule has 5 rings (SSSR count). The summed E-state index contributed by atoms with van der Waals surface area (Å²) < 4.78 is 9.90. The van der Waals surface area contributed by atoms with Gasteiger partial charge in [0.05, 0.1) is 0 Å². The summed E-state index contributed by atoms with van der Waals surface area (Å²) in [6.45, 7) is 12.9. The van der Waals surface area contributed by atoms with Crippen LogP contribution in [-0.2, 0) is 51.3 Å². The van der Waals surface area contributed by atoms with Gasteiger partial charge in [0.15, 0.2) is 0 Å². The first-order chi connectivity index (χ1) is 29.9. The first-order valence-corrected chi connectivity index (χ1v) is 21.7. The molecule has 2 heterocycles. The maximum atomic E-state index is 13.8. The van der Waals surface area contributed by atoms with Gasteiger partial charge in [-0.15, -0.1) is 0 Å². The summed E-state index contributed by atoms with van der Waals surface area (Å²) in [5, 5.41) is 11.6. The topological polar surface area (TPSA) is 179 Å². The molecule has 15 heteroatoms. The lowest BCUT2D eigenvalue weighted by molar-refractivity contribution is -0.143. The summed E-state index contributed by atoms with van der Waals surface area (Å²) in [5.74, 6) is -1.91. The van der Waals surface area contributed by atoms with E-state index in [9.17, 15) is 28.8 Å². The summed E-state index contributed by atoms with van der Waals surface area (Å²) in [5.41, 5.74) is 3.11. The molecule has 4 atom stereocenters. The number of nitrogens with one attached hydrogen (secondary N) is 4. The Morgan fingerprint density at radius 2 is 0.984 bits per heavy atom. The van der Waals surface area contributed by atoms with E-state index < -0.39 is 46.8 Å². The molecule has 4 N–H and O–H groups in total. The van der Waals surface area contributed by atoms with Crippen LogP contribution in [0.25, 0.3) is 0 Å². The van der Waals surface area contributed by atoms with E-state index in [1.807, 2.05) is 120 Å². The standard InChI is InChI=1S/C48H65N7O8/c1-47(2,3)41(51-39(56)30-62-7)45(60)54-26-12-16-37(54)43(58)49-34-22-18-32(19-23-34)28-53(36-14-10-9-11-15-36)29-33-20-24-35(25-21-33)50-44(59)38-17-13-27-55(38)46(61)42(48(4,5)6)52-40(57)31-63-8/h9-11,14-15,18-25,37-38,41-42H,12-13,16-17,26-31H2,1-8H3,(H,49,58)(H,50,59)(H,51,56)(H,52,57)/t37-,38?,41?,42+/m0/s1. The van der Waals surface area contributed by atoms with Crippen molar-refractivity contribution in [3.63, 3.8) is 0 Å². The first-order valence-electron chi connectivity index (χ1n) is 21.7. The molecule has 2 unspecified atom stereocenters. The molecule has 0 bridgehead atoms. The average molecular weight is 868 g/mol. The molecule has 63 heavy (non-hydrogen) atoms. The number of rotatable bonds is 17. The first kappa shape index (κ1) is 48.2. The molecule has 0 saturated carbocycles. The van der Waals surface area contributed by atoms with Crippen LogP contribution in [0.3, 0.4) is 0 Å². The fourth-order valence-corrected chi connectivity index (χ4v) is 8.06. The lowest BCUT2D eigenvalue weighted by Crippen LogP contribution is -2.57. The number of para-hydroxylation sites is 1. The highest BCUT2D eigenvalue weighted by Crippen LogP contribution is 2.29. The predicted octanol–water partition coefficient (Wildman–Crippen LogP) is 5.11. The van der Waals surface area contributed by atoms with E-state index in [2.05, 4.69) is 26.2 Å². The van der Waals surface area contributed by atoms with Gasteiger partial charge >= 0.3 is 0 Å². The summed E-state index contributed by atoms with van der Waals surface area (Å²) in [6, 6.07) is 22.4. The van der Waals surface area contributed by atoms with Gasteiger partial charge in [0.1, 0.15) is 37.4 Å². The third-order valence-electron chi connectivity index (χ3n) is 11.4. The molecule has 3 aromatic carbocycles. The monoisotopic (exact) mass is 867 g/mol. The average Bonchev–Trinajstić information content (AvgIpc) is 3.94. The van der Waals surface area contributed by atoms with Crippen molar-refractivity contribution in [3.8, 4) is 0 Å². The fourth-order valence-electron chi connectivity index (χ4n) is 8.06. The van der Waals surface area contributed by atoms with Crippen LogP contribution in [0.1, 0.15) is 78.4 Å². The van der Waals surface area contributed by atoms with Crippen LogP contribution >= 0.6 is 0 Å². The molecule has 0 aromatic heterocycles. The van der Waals surface area contributed by atoms with Crippen molar-refractivity contribution in [3.05, 3.63) is 90.0 Å². The second-order valence-corrected chi connectivity index (χ2v) is 18.5. The SMILES string of the molecule is COCC(=O)NC(C(=O)N1CCC[C@H]1C(=O)Nc1ccc(CN(Cc2ccc(NC(=O)C3CCCN3C(=O)[C@@H](NC(=O)COC)C(C)(C)C)cc2)c2ccccc2)cc1)C(C)(C)C. The highest BCUT2D eigenvalue weighted by atomic mass is 16.5. The summed E-state index contributed by atoms with van der Waals surface area (Å²) in [7, 11) is 2.84. The van der Waals surface area contributed by atoms with Crippen LogP contribution in [0.15, 0.2) is 78.9 Å². The van der Waals surface area contributed by atoms with Crippen LogP contribution < -0.4 is 26.2 Å². The van der Waals surface area contributed by atoms with Gasteiger partial charge < -0.3 is 45.4 Å². The zero-order valence-corrected chi connectivity index (χ0v) is 38.0. The summed E-state index contributed by atoms with van der Waals surface area (Å²) in [6.07, 6.45) is 2.40. The van der Waals surface area contributed by atoms with Gasteiger partial charge in [-0.25, -0.2) is 0 Å². The van der Waals surface area contributed by atoms with E-state index in [0.29, 0.717) is 63.2 Å². The molecular weight excluding hydrogens is 803 g/mol. The van der Waals surface area contributed by atoms with Crippen molar-refractivity contribution in [1.29, 1.82) is 0 Å². The molecule has 2 aliphatic rings. The molecule has 0 radical (unpaired) electrons. The second-order valence-electron chi connectivity index (χ2n) is 18.5. The van der Waals surface area contributed by atoms with Crippen molar-refractivity contribution >= 4 is 52.5 Å². The van der Waals surface area contributed by atoms with Crippen LogP contribution in [0.4, 0.5) is 17.1 Å². The van der Waals surface area contributed by atoms with Gasteiger partial charge in [-0.3, -0.25) is 28.8 Å². The Balaban J connectivity index is 1.21. The number of anilines is 3. The Hall–Kier alpha value is -5.80. The van der Waals surface area contributed by atoms with E-state index in [-0.39, 0.29) is 36.8 Å². The van der Waals surface area contributed by atoms with Crippen molar-refractivity contribution in [2.75, 3.05) is 56.1 Å². The van der Waals surface area contributed by atoms with Crippen molar-refractivity contribution < 1.29 is 38.2 Å². The number of amides is 6. The van der Waals surface area contributed by atoms with E-state index in [4.69, 9.17) is 9.47 Å². The maximum Gasteiger partial charge on any atom is 0.247 e. The summed E-state index contributed by atoms with van der Waals surface area (Å²) in [4.78, 5) is 84.9. The number of carbonyl (C=O) groups is 6. The number of carbonyl (C=O) groups excluding carboxylic acids is 6. The van der Waals surface area contributed by atoms with Crippen molar-refractivity contribution in [2.45, 2.75) is 104 Å². The van der Waals surface area contributed by atoms with E-state index in [0.717, 1.165) is 16.8 Å². The van der Waals surface area contributed by atoms with Crippen LogP contribution in [0.2, 0.25) is 0 Å². The van der Waals surface area contributed by atoms with Crippen LogP contribution in [-0.4, -0.2) is 110 Å². The molecule has 15 nitrogen and oxygen atoms in total. The van der Waals surface area contributed by atoms with Gasteiger partial charge in [0, 0.05) is 57.5 Å². The minimum Gasteiger partial charge on any atom is -0.375 e. The molecule has 340 valence electrons. The number of methoxy groups -OCH3 is 2. The Morgan fingerprint density at radius 1 is 0.603 bits per heavy atom. The van der Waals surface area contributed by atoms with Crippen LogP contribution in [0, 0.1) is 10.8 Å². The normalized spacial score (nSPS) is 17.4. The van der Waals surface area contributed by atoms with Gasteiger partial charge in [-0.1, -0.05) is 84.0 Å². The number of hydrogen-bond acceptors (Lipinski definition) is 9. The fraction of sp³-hybridized carbons (Fsp3) is 0.500. The van der Waals surface area contributed by atoms with Crippen molar-refractivity contribution in [2.24, 2.45) is 10.8 Å². The van der Waals surface area contributed by atoms with Crippen molar-refractivity contribution in [1.82, 2.24) is 20.4 Å². The second kappa shape index (κ2) is 21.5. The van der Waals surface area contributed by atoms with E-state index >= 15 is 0 Å². The van der Waals surface area contributed by atoms with Gasteiger partial charge in [-0.2, -0.15) is 0 Å². The Labute approximate surface area is 371 Å². The Morgan fingerprint density at radius 3 is 1.33 bits per heavy atom. The predicted molar refractivity (Wildman–Crippen MR) is 242 cm³/mol. The lowest BCUT2D eigenvalue weighted by atomic mass is 9.85. The maximum absolute atomic E-state index is 13.8. The molecule has 2 aliphatic heterocycles. The quantitative estimate of drug-likeness (QED) is 0.144. The number of benzene rings is 3. The third kappa shape index (κ3) is 13.1. The van der Waals surface area contributed by atoms with E-state index in [1.54, 1.807) is 9.80 Å². The summed E-state index contributed by atoms with van der Waals surface area (Å²) >= 11 is 0. The van der Waals surface area contributed by atoms with Gasteiger partial charge in [-0.05, 0) is 84.0 Å². The Kier molecular flexibility index (Phi) is 16.5. The number of likely N-dealkylation sites (tertiary alicyclic amines) is 2. The minimum atomic E-state index is -0.817. The van der Waals surface area contributed by atoms with E-state index in [1.165, 1.54) is 14.2 Å². The number of nitrogens with zero attached hydrogens (tertiary/aromatic N) is 3. The number of ether oxygens (including phenoxy) is 2. The highest BCUT2D eigenvalue weighted by molar-refractivity contribution is 6.00. The molecule has 3 aromatic rings. The molecule has 2 fully saturated rings. The molecular formula is C48H65N7O8. The highest BCUT2D eigenvalue weighted by Gasteiger charge is 2.43. The largest absolute Gasteiger partial charge is 0.375 e. The smallest absolute Gasteiger partial charge is 0.247 e. The lowest BCUT2D eigenvalue weighted by Gasteiger charge is -2.35.